The average molecular weight is 246 g/mol. The molecule has 1 aromatic rings. The van der Waals surface area contributed by atoms with Crippen LogP contribution in [0.3, 0.4) is 0 Å². The lowest BCUT2D eigenvalue weighted by Crippen LogP contribution is -2.33. The predicted octanol–water partition coefficient (Wildman–Crippen LogP) is 2.53. The molecule has 0 bridgehead atoms. The molecule has 0 spiro atoms. The van der Waals surface area contributed by atoms with Crippen LogP contribution in [-0.4, -0.2) is 24.2 Å². The van der Waals surface area contributed by atoms with Crippen LogP contribution in [-0.2, 0) is 13.1 Å². The van der Waals surface area contributed by atoms with E-state index in [0.717, 1.165) is 11.1 Å². The van der Waals surface area contributed by atoms with Gasteiger partial charge in [-0.3, -0.25) is 4.90 Å². The van der Waals surface area contributed by atoms with Crippen molar-refractivity contribution in [3.05, 3.63) is 35.4 Å². The Bertz CT molecular complexity index is 350. The van der Waals surface area contributed by atoms with Gasteiger partial charge < -0.3 is 5.73 Å². The molecule has 0 unspecified atom stereocenters. The summed E-state index contributed by atoms with van der Waals surface area (Å²) in [6.07, 6.45) is -4.15. The quantitative estimate of drug-likeness (QED) is 0.865. The lowest BCUT2D eigenvalue weighted by atomic mass is 10.1. The summed E-state index contributed by atoms with van der Waals surface area (Å²) in [5.41, 5.74) is 7.29. The molecular formula is C12H17F3N2. The Kier molecular flexibility index (Phi) is 4.96. The third-order valence-electron chi connectivity index (χ3n) is 2.48. The van der Waals surface area contributed by atoms with Crippen molar-refractivity contribution in [2.45, 2.75) is 26.2 Å². The van der Waals surface area contributed by atoms with Gasteiger partial charge in [-0.2, -0.15) is 13.2 Å². The first-order chi connectivity index (χ1) is 7.94. The maximum atomic E-state index is 12.3. The summed E-state index contributed by atoms with van der Waals surface area (Å²) in [5.74, 6) is 0. The summed E-state index contributed by atoms with van der Waals surface area (Å²) in [5, 5.41) is 0. The van der Waals surface area contributed by atoms with Crippen LogP contribution in [0.15, 0.2) is 24.3 Å². The third kappa shape index (κ3) is 5.19. The van der Waals surface area contributed by atoms with Gasteiger partial charge in [0.2, 0.25) is 0 Å². The summed E-state index contributed by atoms with van der Waals surface area (Å²) in [6.45, 7) is 1.91. The van der Waals surface area contributed by atoms with E-state index in [2.05, 4.69) is 0 Å². The fourth-order valence-corrected chi connectivity index (χ4v) is 1.65. The summed E-state index contributed by atoms with van der Waals surface area (Å²) < 4.78 is 36.8. The van der Waals surface area contributed by atoms with Crippen molar-refractivity contribution in [2.75, 3.05) is 13.1 Å². The second-order valence-corrected chi connectivity index (χ2v) is 3.94. The largest absolute Gasteiger partial charge is 0.401 e. The van der Waals surface area contributed by atoms with Crippen molar-refractivity contribution < 1.29 is 13.2 Å². The summed E-state index contributed by atoms with van der Waals surface area (Å²) in [4.78, 5) is 1.36. The SMILES string of the molecule is CCN(Cc1cccc(CN)c1)CC(F)(F)F. The van der Waals surface area contributed by atoms with E-state index in [1.807, 2.05) is 24.3 Å². The van der Waals surface area contributed by atoms with Gasteiger partial charge in [-0.05, 0) is 17.7 Å². The molecule has 0 aromatic heterocycles. The van der Waals surface area contributed by atoms with Crippen molar-refractivity contribution in [1.82, 2.24) is 4.90 Å². The lowest BCUT2D eigenvalue weighted by Gasteiger charge is -2.22. The maximum Gasteiger partial charge on any atom is 0.401 e. The van der Waals surface area contributed by atoms with Gasteiger partial charge in [0.05, 0.1) is 6.54 Å². The highest BCUT2D eigenvalue weighted by Crippen LogP contribution is 2.18. The van der Waals surface area contributed by atoms with Gasteiger partial charge in [-0.1, -0.05) is 31.2 Å². The Morgan fingerprint density at radius 2 is 1.88 bits per heavy atom. The predicted molar refractivity (Wildman–Crippen MR) is 61.3 cm³/mol. The van der Waals surface area contributed by atoms with E-state index in [1.54, 1.807) is 6.92 Å². The first kappa shape index (κ1) is 14.0. The minimum absolute atomic E-state index is 0.295. The van der Waals surface area contributed by atoms with Crippen LogP contribution < -0.4 is 5.73 Å². The van der Waals surface area contributed by atoms with Gasteiger partial charge in [0.25, 0.3) is 0 Å². The van der Waals surface area contributed by atoms with E-state index in [0.29, 0.717) is 19.6 Å². The van der Waals surface area contributed by atoms with Gasteiger partial charge in [0, 0.05) is 13.1 Å². The van der Waals surface area contributed by atoms with E-state index in [4.69, 9.17) is 5.73 Å². The fourth-order valence-electron chi connectivity index (χ4n) is 1.65. The molecule has 0 atom stereocenters. The Labute approximate surface area is 99.2 Å². The first-order valence-corrected chi connectivity index (χ1v) is 5.51. The Morgan fingerprint density at radius 1 is 1.24 bits per heavy atom. The minimum atomic E-state index is -4.15. The molecule has 0 aliphatic carbocycles. The molecular weight excluding hydrogens is 229 g/mol. The van der Waals surface area contributed by atoms with E-state index in [-0.39, 0.29) is 0 Å². The van der Waals surface area contributed by atoms with Crippen molar-refractivity contribution in [3.63, 3.8) is 0 Å². The zero-order valence-electron chi connectivity index (χ0n) is 9.80. The number of rotatable bonds is 5. The molecule has 0 aliphatic rings. The Morgan fingerprint density at radius 3 is 2.41 bits per heavy atom. The van der Waals surface area contributed by atoms with E-state index >= 15 is 0 Å². The normalized spacial score (nSPS) is 12.1. The highest BCUT2D eigenvalue weighted by Gasteiger charge is 2.29. The molecule has 0 heterocycles. The van der Waals surface area contributed by atoms with Crippen molar-refractivity contribution in [3.8, 4) is 0 Å². The molecule has 0 saturated carbocycles. The lowest BCUT2D eigenvalue weighted by molar-refractivity contribution is -0.146. The standard InChI is InChI=1S/C12H17F3N2/c1-2-17(9-12(13,14)15)8-11-5-3-4-10(6-11)7-16/h3-6H,2,7-9,16H2,1H3. The number of halogens is 3. The van der Waals surface area contributed by atoms with Crippen molar-refractivity contribution >= 4 is 0 Å². The highest BCUT2D eigenvalue weighted by molar-refractivity contribution is 5.23. The summed E-state index contributed by atoms with van der Waals surface area (Å²) >= 11 is 0. The van der Waals surface area contributed by atoms with Gasteiger partial charge in [-0.25, -0.2) is 0 Å². The molecule has 0 saturated heterocycles. The van der Waals surface area contributed by atoms with Gasteiger partial charge >= 0.3 is 6.18 Å². The van der Waals surface area contributed by atoms with E-state index in [1.165, 1.54) is 4.90 Å². The van der Waals surface area contributed by atoms with Gasteiger partial charge in [-0.15, -0.1) is 0 Å². The first-order valence-electron chi connectivity index (χ1n) is 5.51. The average Bonchev–Trinajstić information content (AvgIpc) is 2.26. The summed E-state index contributed by atoms with van der Waals surface area (Å²) in [6, 6.07) is 7.35. The molecule has 5 heteroatoms. The smallest absolute Gasteiger partial charge is 0.326 e. The van der Waals surface area contributed by atoms with Crippen molar-refractivity contribution in [2.24, 2.45) is 5.73 Å². The van der Waals surface area contributed by atoms with E-state index < -0.39 is 12.7 Å². The molecule has 0 aliphatic heterocycles. The van der Waals surface area contributed by atoms with Crippen molar-refractivity contribution in [1.29, 1.82) is 0 Å². The van der Waals surface area contributed by atoms with E-state index in [9.17, 15) is 13.2 Å². The number of alkyl halides is 3. The minimum Gasteiger partial charge on any atom is -0.326 e. The molecule has 2 N–H and O–H groups in total. The number of hydrogen-bond donors (Lipinski definition) is 1. The second kappa shape index (κ2) is 6.02. The maximum absolute atomic E-state index is 12.3. The molecule has 2 nitrogen and oxygen atoms in total. The number of nitrogens with two attached hydrogens (primary N) is 1. The Balaban J connectivity index is 2.67. The highest BCUT2D eigenvalue weighted by atomic mass is 19.4. The molecule has 0 fully saturated rings. The van der Waals surface area contributed by atoms with Crippen LogP contribution in [0.4, 0.5) is 13.2 Å². The number of benzene rings is 1. The topological polar surface area (TPSA) is 29.3 Å². The second-order valence-electron chi connectivity index (χ2n) is 3.94. The van der Waals surface area contributed by atoms with Crippen LogP contribution in [0.1, 0.15) is 18.1 Å². The number of hydrogen-bond acceptors (Lipinski definition) is 2. The summed E-state index contributed by atoms with van der Waals surface area (Å²) in [7, 11) is 0. The van der Waals surface area contributed by atoms with Crippen LogP contribution in [0.2, 0.25) is 0 Å². The monoisotopic (exact) mass is 246 g/mol. The van der Waals surface area contributed by atoms with Crippen LogP contribution in [0.5, 0.6) is 0 Å². The van der Waals surface area contributed by atoms with Crippen LogP contribution in [0, 0.1) is 0 Å². The van der Waals surface area contributed by atoms with Crippen LogP contribution in [0.25, 0.3) is 0 Å². The van der Waals surface area contributed by atoms with Crippen LogP contribution >= 0.6 is 0 Å². The molecule has 17 heavy (non-hydrogen) atoms. The van der Waals surface area contributed by atoms with Gasteiger partial charge in [0.1, 0.15) is 0 Å². The zero-order chi connectivity index (χ0) is 12.9. The number of nitrogens with zero attached hydrogens (tertiary/aromatic N) is 1. The Hall–Kier alpha value is -1.07. The molecule has 0 radical (unpaired) electrons. The molecule has 1 rings (SSSR count). The van der Waals surface area contributed by atoms with Gasteiger partial charge in [0.15, 0.2) is 0 Å². The third-order valence-corrected chi connectivity index (χ3v) is 2.48. The molecule has 1 aromatic carbocycles. The fraction of sp³-hybridized carbons (Fsp3) is 0.500. The molecule has 0 amide bonds. The zero-order valence-corrected chi connectivity index (χ0v) is 9.80. The molecule has 96 valence electrons.